The van der Waals surface area contributed by atoms with Gasteiger partial charge in [-0.1, -0.05) is 0 Å². The van der Waals surface area contributed by atoms with E-state index in [9.17, 15) is 24.5 Å². The predicted molar refractivity (Wildman–Crippen MR) is 61.3 cm³/mol. The first-order valence-electron chi connectivity index (χ1n) is 4.91. The molecule has 0 fully saturated rings. The van der Waals surface area contributed by atoms with Crippen LogP contribution in [0.3, 0.4) is 0 Å². The van der Waals surface area contributed by atoms with Gasteiger partial charge in [-0.25, -0.2) is 4.79 Å². The van der Waals surface area contributed by atoms with E-state index in [1.807, 2.05) is 10.9 Å². The van der Waals surface area contributed by atoms with Gasteiger partial charge in [0, 0.05) is 24.6 Å². The molecule has 1 aromatic carbocycles. The quantitative estimate of drug-likeness (QED) is 0.523. The number of nitro benzene ring substituents is 1. The van der Waals surface area contributed by atoms with Gasteiger partial charge in [-0.3, -0.25) is 30.6 Å². The van der Waals surface area contributed by atoms with Gasteiger partial charge in [-0.05, 0) is 6.07 Å². The fourth-order valence-electron chi connectivity index (χ4n) is 1.19. The molecule has 0 aromatic heterocycles. The number of nitrogens with zero attached hydrogens (tertiary/aromatic N) is 1. The van der Waals surface area contributed by atoms with E-state index >= 15 is 0 Å². The van der Waals surface area contributed by atoms with Crippen molar-refractivity contribution in [1.82, 2.24) is 10.9 Å². The third-order valence-electron chi connectivity index (χ3n) is 1.99. The number of benzene rings is 1. The Bertz CT molecular complexity index is 536. The van der Waals surface area contributed by atoms with Crippen LogP contribution in [0, 0.1) is 10.1 Å². The van der Waals surface area contributed by atoms with Gasteiger partial charge < -0.3 is 5.11 Å². The lowest BCUT2D eigenvalue weighted by Gasteiger charge is -2.05. The van der Waals surface area contributed by atoms with Crippen molar-refractivity contribution < 1.29 is 24.4 Å². The van der Waals surface area contributed by atoms with E-state index in [1.165, 1.54) is 0 Å². The second-order valence-electron chi connectivity index (χ2n) is 3.47. The monoisotopic (exact) mass is 267 g/mol. The SMILES string of the molecule is CC(=O)NNC(=O)c1cc(C(=O)O)cc([N+](=O)[O-])c1. The summed E-state index contributed by atoms with van der Waals surface area (Å²) in [6.07, 6.45) is 0. The molecule has 0 spiro atoms. The van der Waals surface area contributed by atoms with Crippen molar-refractivity contribution in [2.24, 2.45) is 0 Å². The van der Waals surface area contributed by atoms with Crippen molar-refractivity contribution in [3.8, 4) is 0 Å². The minimum absolute atomic E-state index is 0.250. The number of carbonyl (C=O) groups is 3. The normalized spacial score (nSPS) is 9.53. The number of hydrazine groups is 1. The summed E-state index contributed by atoms with van der Waals surface area (Å²) >= 11 is 0. The minimum atomic E-state index is -1.41. The standard InChI is InChI=1S/C10H9N3O6/c1-5(14)11-12-9(15)6-2-7(10(16)17)4-8(3-6)13(18)19/h2-4H,1H3,(H,11,14)(H,12,15)(H,16,17). The van der Waals surface area contributed by atoms with Crippen molar-refractivity contribution in [3.05, 3.63) is 39.4 Å². The Balaban J connectivity index is 3.12. The third kappa shape index (κ3) is 3.77. The number of hydrogen-bond donors (Lipinski definition) is 3. The first-order valence-corrected chi connectivity index (χ1v) is 4.91. The molecular weight excluding hydrogens is 258 g/mol. The summed E-state index contributed by atoms with van der Waals surface area (Å²) in [5.74, 6) is -2.81. The molecule has 9 heteroatoms. The number of carboxylic acid groups (broad SMARTS) is 1. The second kappa shape index (κ2) is 5.58. The predicted octanol–water partition coefficient (Wildman–Crippen LogP) is 0.0739. The maximum Gasteiger partial charge on any atom is 0.335 e. The molecule has 0 saturated heterocycles. The summed E-state index contributed by atoms with van der Waals surface area (Å²) in [5.41, 5.74) is 2.78. The molecule has 1 aromatic rings. The van der Waals surface area contributed by atoms with Crippen LogP contribution in [-0.4, -0.2) is 27.8 Å². The molecule has 1 rings (SSSR count). The van der Waals surface area contributed by atoms with Gasteiger partial charge in [-0.15, -0.1) is 0 Å². The van der Waals surface area contributed by atoms with Gasteiger partial charge in [0.1, 0.15) is 0 Å². The number of aromatic carboxylic acids is 1. The maximum atomic E-state index is 11.6. The molecule has 0 bridgehead atoms. The number of carboxylic acids is 1. The highest BCUT2D eigenvalue weighted by molar-refractivity contribution is 5.99. The second-order valence-corrected chi connectivity index (χ2v) is 3.47. The summed E-state index contributed by atoms with van der Waals surface area (Å²) in [7, 11) is 0. The zero-order valence-electron chi connectivity index (χ0n) is 9.67. The van der Waals surface area contributed by atoms with Gasteiger partial charge in [0.2, 0.25) is 5.91 Å². The van der Waals surface area contributed by atoms with E-state index in [2.05, 4.69) is 0 Å². The number of hydrogen-bond acceptors (Lipinski definition) is 5. The Morgan fingerprint density at radius 1 is 1.16 bits per heavy atom. The van der Waals surface area contributed by atoms with Crippen molar-refractivity contribution in [3.63, 3.8) is 0 Å². The van der Waals surface area contributed by atoms with Gasteiger partial charge >= 0.3 is 5.97 Å². The molecule has 0 aliphatic heterocycles. The van der Waals surface area contributed by atoms with Crippen LogP contribution in [0.1, 0.15) is 27.6 Å². The zero-order valence-corrected chi connectivity index (χ0v) is 9.67. The number of amides is 2. The lowest BCUT2D eigenvalue weighted by Crippen LogP contribution is -2.40. The van der Waals surface area contributed by atoms with E-state index in [-0.39, 0.29) is 5.56 Å². The fourth-order valence-corrected chi connectivity index (χ4v) is 1.19. The molecule has 9 nitrogen and oxygen atoms in total. The van der Waals surface area contributed by atoms with E-state index < -0.39 is 34.0 Å². The minimum Gasteiger partial charge on any atom is -0.478 e. The lowest BCUT2D eigenvalue weighted by molar-refractivity contribution is -0.384. The highest BCUT2D eigenvalue weighted by atomic mass is 16.6. The fraction of sp³-hybridized carbons (Fsp3) is 0.100. The Hall–Kier alpha value is -2.97. The molecule has 0 atom stereocenters. The van der Waals surface area contributed by atoms with Crippen LogP contribution in [0.5, 0.6) is 0 Å². The smallest absolute Gasteiger partial charge is 0.335 e. The average molecular weight is 267 g/mol. The molecule has 100 valence electrons. The maximum absolute atomic E-state index is 11.6. The topological polar surface area (TPSA) is 139 Å². The molecule has 2 amide bonds. The Labute approximate surface area is 106 Å². The number of carbonyl (C=O) groups excluding carboxylic acids is 2. The van der Waals surface area contributed by atoms with Crippen LogP contribution >= 0.6 is 0 Å². The Kier molecular flexibility index (Phi) is 4.14. The summed E-state index contributed by atoms with van der Waals surface area (Å²) in [6, 6.07) is 2.70. The molecule has 0 radical (unpaired) electrons. The Morgan fingerprint density at radius 2 is 1.74 bits per heavy atom. The van der Waals surface area contributed by atoms with Gasteiger partial charge in [0.05, 0.1) is 10.5 Å². The molecule has 0 aliphatic carbocycles. The first kappa shape index (κ1) is 14.1. The van der Waals surface area contributed by atoms with Crippen molar-refractivity contribution in [1.29, 1.82) is 0 Å². The van der Waals surface area contributed by atoms with E-state index in [0.717, 1.165) is 25.1 Å². The van der Waals surface area contributed by atoms with Crippen LogP contribution in [0.4, 0.5) is 5.69 Å². The molecule has 0 saturated carbocycles. The molecule has 19 heavy (non-hydrogen) atoms. The first-order chi connectivity index (χ1) is 8.81. The van der Waals surface area contributed by atoms with Crippen LogP contribution < -0.4 is 10.9 Å². The lowest BCUT2D eigenvalue weighted by atomic mass is 10.1. The highest BCUT2D eigenvalue weighted by Crippen LogP contribution is 2.17. The number of non-ortho nitro benzene ring substituents is 1. The van der Waals surface area contributed by atoms with Crippen molar-refractivity contribution in [2.75, 3.05) is 0 Å². The van der Waals surface area contributed by atoms with Crippen molar-refractivity contribution >= 4 is 23.5 Å². The zero-order chi connectivity index (χ0) is 14.6. The molecule has 0 unspecified atom stereocenters. The highest BCUT2D eigenvalue weighted by Gasteiger charge is 2.17. The van der Waals surface area contributed by atoms with E-state index in [4.69, 9.17) is 5.11 Å². The Morgan fingerprint density at radius 3 is 2.21 bits per heavy atom. The largest absolute Gasteiger partial charge is 0.478 e. The molecule has 0 heterocycles. The van der Waals surface area contributed by atoms with Crippen molar-refractivity contribution in [2.45, 2.75) is 6.92 Å². The van der Waals surface area contributed by atoms with Crippen LogP contribution in [0.15, 0.2) is 18.2 Å². The van der Waals surface area contributed by atoms with E-state index in [1.54, 1.807) is 0 Å². The van der Waals surface area contributed by atoms with Gasteiger partial charge in [0.15, 0.2) is 0 Å². The van der Waals surface area contributed by atoms with Crippen LogP contribution in [-0.2, 0) is 4.79 Å². The number of rotatable bonds is 3. The van der Waals surface area contributed by atoms with Crippen LogP contribution in [0.25, 0.3) is 0 Å². The third-order valence-corrected chi connectivity index (χ3v) is 1.99. The summed E-state index contributed by atoms with van der Waals surface area (Å²) < 4.78 is 0. The number of nitrogens with one attached hydrogen (secondary N) is 2. The molecule has 0 aliphatic rings. The molecule has 3 N–H and O–H groups in total. The summed E-state index contributed by atoms with van der Waals surface area (Å²) in [4.78, 5) is 42.8. The number of nitro groups is 1. The van der Waals surface area contributed by atoms with Gasteiger partial charge in [-0.2, -0.15) is 0 Å². The van der Waals surface area contributed by atoms with Gasteiger partial charge in [0.25, 0.3) is 11.6 Å². The van der Waals surface area contributed by atoms with Crippen LogP contribution in [0.2, 0.25) is 0 Å². The average Bonchev–Trinajstić information content (AvgIpc) is 2.35. The summed E-state index contributed by atoms with van der Waals surface area (Å²) in [6.45, 7) is 1.15. The summed E-state index contributed by atoms with van der Waals surface area (Å²) in [5, 5.41) is 19.4. The van der Waals surface area contributed by atoms with E-state index in [0.29, 0.717) is 0 Å². The molecular formula is C10H9N3O6.